The van der Waals surface area contributed by atoms with Gasteiger partial charge in [-0.1, -0.05) is 25.1 Å². The lowest BCUT2D eigenvalue weighted by molar-refractivity contribution is -0.117. The molecule has 0 aliphatic heterocycles. The van der Waals surface area contributed by atoms with E-state index in [9.17, 15) is 14.4 Å². The van der Waals surface area contributed by atoms with Gasteiger partial charge in [-0.15, -0.1) is 0 Å². The van der Waals surface area contributed by atoms with Crippen molar-refractivity contribution in [1.29, 1.82) is 0 Å². The number of ether oxygens (including phenoxy) is 1. The summed E-state index contributed by atoms with van der Waals surface area (Å²) in [7, 11) is 1.31. The Morgan fingerprint density at radius 1 is 1.07 bits per heavy atom. The van der Waals surface area contributed by atoms with E-state index in [-0.39, 0.29) is 24.8 Å². The standard InChI is InChI=1S/C22H26N2O4/c1-5-17-8-6-7-15(2)21(17)23-20(26)13-14-24(16(3)25)19-11-9-18(10-12-19)22(27)28-4/h6-12H,5,13-14H2,1-4H3,(H,23,26). The Balaban J connectivity index is 2.06. The molecule has 2 aromatic rings. The van der Waals surface area contributed by atoms with Crippen LogP contribution in [0.15, 0.2) is 42.5 Å². The van der Waals surface area contributed by atoms with E-state index in [4.69, 9.17) is 0 Å². The van der Waals surface area contributed by atoms with Gasteiger partial charge < -0.3 is 15.0 Å². The van der Waals surface area contributed by atoms with Crippen LogP contribution in [-0.4, -0.2) is 31.4 Å². The molecule has 2 aromatic carbocycles. The first-order chi connectivity index (χ1) is 13.4. The molecule has 148 valence electrons. The molecule has 2 rings (SSSR count). The van der Waals surface area contributed by atoms with Crippen LogP contribution < -0.4 is 10.2 Å². The molecule has 0 fully saturated rings. The Morgan fingerprint density at radius 2 is 1.75 bits per heavy atom. The van der Waals surface area contributed by atoms with Crippen molar-refractivity contribution in [2.24, 2.45) is 0 Å². The third-order valence-corrected chi connectivity index (χ3v) is 4.55. The Labute approximate surface area is 165 Å². The predicted molar refractivity (Wildman–Crippen MR) is 110 cm³/mol. The van der Waals surface area contributed by atoms with Crippen molar-refractivity contribution < 1.29 is 19.1 Å². The number of nitrogens with zero attached hydrogens (tertiary/aromatic N) is 1. The van der Waals surface area contributed by atoms with Crippen LogP contribution in [0.4, 0.5) is 11.4 Å². The zero-order valence-electron chi connectivity index (χ0n) is 16.7. The number of methoxy groups -OCH3 is 1. The van der Waals surface area contributed by atoms with Crippen LogP contribution in [0.1, 0.15) is 41.8 Å². The maximum absolute atomic E-state index is 12.5. The number of carbonyl (C=O) groups is 3. The molecule has 6 nitrogen and oxygen atoms in total. The zero-order chi connectivity index (χ0) is 20.7. The van der Waals surface area contributed by atoms with Crippen molar-refractivity contribution in [3.05, 3.63) is 59.2 Å². The maximum atomic E-state index is 12.5. The molecule has 0 heterocycles. The van der Waals surface area contributed by atoms with Crippen molar-refractivity contribution in [1.82, 2.24) is 0 Å². The number of anilines is 2. The number of esters is 1. The van der Waals surface area contributed by atoms with Crippen LogP contribution in [0.25, 0.3) is 0 Å². The molecular weight excluding hydrogens is 356 g/mol. The van der Waals surface area contributed by atoms with Gasteiger partial charge in [0.25, 0.3) is 0 Å². The largest absolute Gasteiger partial charge is 0.465 e. The molecule has 0 bridgehead atoms. The van der Waals surface area contributed by atoms with Gasteiger partial charge in [-0.3, -0.25) is 9.59 Å². The van der Waals surface area contributed by atoms with E-state index < -0.39 is 5.97 Å². The zero-order valence-corrected chi connectivity index (χ0v) is 16.7. The summed E-state index contributed by atoms with van der Waals surface area (Å²) < 4.78 is 4.68. The Kier molecular flexibility index (Phi) is 7.32. The molecule has 0 spiro atoms. The summed E-state index contributed by atoms with van der Waals surface area (Å²) in [5, 5.41) is 2.97. The molecule has 1 N–H and O–H groups in total. The van der Waals surface area contributed by atoms with Gasteiger partial charge in [0.2, 0.25) is 11.8 Å². The predicted octanol–water partition coefficient (Wildman–Crippen LogP) is 3.73. The molecule has 0 aromatic heterocycles. The van der Waals surface area contributed by atoms with Crippen molar-refractivity contribution in [2.45, 2.75) is 33.6 Å². The van der Waals surface area contributed by atoms with E-state index in [1.54, 1.807) is 24.3 Å². The fourth-order valence-corrected chi connectivity index (χ4v) is 2.98. The van der Waals surface area contributed by atoms with E-state index in [0.29, 0.717) is 11.3 Å². The smallest absolute Gasteiger partial charge is 0.337 e. The Bertz CT molecular complexity index is 859. The van der Waals surface area contributed by atoms with Gasteiger partial charge in [-0.25, -0.2) is 4.79 Å². The van der Waals surface area contributed by atoms with Crippen LogP contribution in [0.5, 0.6) is 0 Å². The van der Waals surface area contributed by atoms with Crippen LogP contribution in [0.2, 0.25) is 0 Å². The van der Waals surface area contributed by atoms with E-state index in [1.165, 1.54) is 18.9 Å². The van der Waals surface area contributed by atoms with E-state index in [2.05, 4.69) is 10.1 Å². The molecular formula is C22H26N2O4. The summed E-state index contributed by atoms with van der Waals surface area (Å²) in [4.78, 5) is 37.6. The summed E-state index contributed by atoms with van der Waals surface area (Å²) in [6.07, 6.45) is 0.985. The first kappa shape index (κ1) is 21.2. The number of rotatable bonds is 7. The average molecular weight is 382 g/mol. The van der Waals surface area contributed by atoms with Gasteiger partial charge in [-0.2, -0.15) is 0 Å². The van der Waals surface area contributed by atoms with Gasteiger partial charge in [0.15, 0.2) is 0 Å². The number of aryl methyl sites for hydroxylation is 2. The number of hydrogen-bond donors (Lipinski definition) is 1. The maximum Gasteiger partial charge on any atom is 0.337 e. The highest BCUT2D eigenvalue weighted by molar-refractivity contribution is 5.96. The van der Waals surface area contributed by atoms with Gasteiger partial charge in [-0.05, 0) is 48.7 Å². The quantitative estimate of drug-likeness (QED) is 0.741. The Hall–Kier alpha value is -3.15. The minimum absolute atomic E-state index is 0.151. The van der Waals surface area contributed by atoms with Gasteiger partial charge in [0, 0.05) is 31.3 Å². The fraction of sp³-hybridized carbons (Fsp3) is 0.318. The van der Waals surface area contributed by atoms with Crippen LogP contribution in [0.3, 0.4) is 0 Å². The van der Waals surface area contributed by atoms with Gasteiger partial charge in [0.1, 0.15) is 0 Å². The summed E-state index contributed by atoms with van der Waals surface area (Å²) in [6, 6.07) is 12.5. The minimum Gasteiger partial charge on any atom is -0.465 e. The molecule has 0 aliphatic carbocycles. The highest BCUT2D eigenvalue weighted by Crippen LogP contribution is 2.22. The average Bonchev–Trinajstić information content (AvgIpc) is 2.69. The molecule has 6 heteroatoms. The first-order valence-corrected chi connectivity index (χ1v) is 9.22. The third kappa shape index (κ3) is 5.19. The highest BCUT2D eigenvalue weighted by Gasteiger charge is 2.16. The van der Waals surface area contributed by atoms with E-state index >= 15 is 0 Å². The summed E-state index contributed by atoms with van der Waals surface area (Å²) in [5.41, 5.74) is 3.95. The van der Waals surface area contributed by atoms with Crippen molar-refractivity contribution >= 4 is 29.2 Å². The fourth-order valence-electron chi connectivity index (χ4n) is 2.98. The second-order valence-corrected chi connectivity index (χ2v) is 6.47. The van der Waals surface area contributed by atoms with E-state index in [1.807, 2.05) is 32.0 Å². The van der Waals surface area contributed by atoms with Crippen LogP contribution in [0, 0.1) is 6.92 Å². The van der Waals surface area contributed by atoms with Crippen molar-refractivity contribution in [2.75, 3.05) is 23.9 Å². The molecule has 2 amide bonds. The number of nitrogens with one attached hydrogen (secondary N) is 1. The monoisotopic (exact) mass is 382 g/mol. The lowest BCUT2D eigenvalue weighted by Crippen LogP contribution is -2.32. The van der Waals surface area contributed by atoms with E-state index in [0.717, 1.165) is 23.2 Å². The van der Waals surface area contributed by atoms with Gasteiger partial charge >= 0.3 is 5.97 Å². The van der Waals surface area contributed by atoms with Crippen molar-refractivity contribution in [3.63, 3.8) is 0 Å². The molecule has 0 unspecified atom stereocenters. The molecule has 0 saturated carbocycles. The number of amides is 2. The normalized spacial score (nSPS) is 10.3. The lowest BCUT2D eigenvalue weighted by Gasteiger charge is -2.21. The minimum atomic E-state index is -0.440. The highest BCUT2D eigenvalue weighted by atomic mass is 16.5. The SMILES string of the molecule is CCc1cccc(C)c1NC(=O)CCN(C(C)=O)c1ccc(C(=O)OC)cc1. The summed E-state index contributed by atoms with van der Waals surface area (Å²) >= 11 is 0. The number of para-hydroxylation sites is 1. The Morgan fingerprint density at radius 3 is 2.32 bits per heavy atom. The van der Waals surface area contributed by atoms with Gasteiger partial charge in [0.05, 0.1) is 12.7 Å². The number of hydrogen-bond acceptors (Lipinski definition) is 4. The molecule has 28 heavy (non-hydrogen) atoms. The second kappa shape index (κ2) is 9.69. The topological polar surface area (TPSA) is 75.7 Å². The lowest BCUT2D eigenvalue weighted by atomic mass is 10.1. The van der Waals surface area contributed by atoms with Crippen LogP contribution >= 0.6 is 0 Å². The molecule has 0 atom stereocenters. The van der Waals surface area contributed by atoms with Crippen molar-refractivity contribution in [3.8, 4) is 0 Å². The van der Waals surface area contributed by atoms with Crippen LogP contribution in [-0.2, 0) is 20.7 Å². The number of carbonyl (C=O) groups excluding carboxylic acids is 3. The third-order valence-electron chi connectivity index (χ3n) is 4.55. The molecule has 0 aliphatic rings. The second-order valence-electron chi connectivity index (χ2n) is 6.47. The molecule has 0 radical (unpaired) electrons. The summed E-state index contributed by atoms with van der Waals surface area (Å²) in [5.74, 6) is -0.768. The first-order valence-electron chi connectivity index (χ1n) is 9.22. The number of benzene rings is 2. The molecule has 0 saturated heterocycles. The summed E-state index contributed by atoms with van der Waals surface area (Å²) in [6.45, 7) is 5.69.